The fraction of sp³-hybridized carbons (Fsp3) is 0. The highest BCUT2D eigenvalue weighted by atomic mass is 35.5. The van der Waals surface area contributed by atoms with E-state index in [1.165, 1.54) is 24.3 Å². The molecule has 0 saturated carbocycles. The van der Waals surface area contributed by atoms with Crippen LogP contribution in [0.1, 0.15) is 10.4 Å². The molecule has 0 bridgehead atoms. The molecule has 1 N–H and O–H groups in total. The van der Waals surface area contributed by atoms with Crippen LogP contribution in [0, 0.1) is 0 Å². The second-order valence-corrected chi connectivity index (χ2v) is 4.55. The lowest BCUT2D eigenvalue weighted by Gasteiger charge is -2.09. The highest BCUT2D eigenvalue weighted by molar-refractivity contribution is 6.32. The average Bonchev–Trinajstić information content (AvgIpc) is 2.33. The zero-order valence-corrected chi connectivity index (χ0v) is 11.4. The van der Waals surface area contributed by atoms with Gasteiger partial charge in [0.1, 0.15) is 11.3 Å². The first kappa shape index (κ1) is 13.9. The number of aromatic carboxylic acids is 1. The first-order valence-electron chi connectivity index (χ1n) is 4.87. The first-order chi connectivity index (χ1) is 8.97. The number of aromatic nitrogens is 2. The van der Waals surface area contributed by atoms with E-state index in [4.69, 9.17) is 44.6 Å². The normalized spacial score (nSPS) is 10.3. The molecule has 0 aliphatic heterocycles. The van der Waals surface area contributed by atoms with Gasteiger partial charge in [-0.1, -0.05) is 34.8 Å². The van der Waals surface area contributed by atoms with Gasteiger partial charge in [-0.25, -0.2) is 4.79 Å². The fourth-order valence-corrected chi connectivity index (χ4v) is 1.71. The summed E-state index contributed by atoms with van der Waals surface area (Å²) in [5.74, 6) is -1.03. The molecule has 0 radical (unpaired) electrons. The third kappa shape index (κ3) is 3.26. The van der Waals surface area contributed by atoms with Gasteiger partial charge in [-0.3, -0.25) is 0 Å². The van der Waals surface area contributed by atoms with E-state index < -0.39 is 5.97 Å². The van der Waals surface area contributed by atoms with E-state index in [9.17, 15) is 4.79 Å². The summed E-state index contributed by atoms with van der Waals surface area (Å²) in [6.07, 6.45) is 0. The van der Waals surface area contributed by atoms with Crippen molar-refractivity contribution in [3.8, 4) is 11.5 Å². The second-order valence-electron chi connectivity index (χ2n) is 3.37. The van der Waals surface area contributed by atoms with Gasteiger partial charge in [-0.2, -0.15) is 0 Å². The average molecular weight is 320 g/mol. The molecule has 98 valence electrons. The Morgan fingerprint density at radius 1 is 1.11 bits per heavy atom. The molecule has 2 aromatic rings. The number of benzene rings is 1. The maximum Gasteiger partial charge on any atom is 0.339 e. The maximum atomic E-state index is 11.1. The topological polar surface area (TPSA) is 72.3 Å². The van der Waals surface area contributed by atoms with Crippen LogP contribution in [-0.4, -0.2) is 21.3 Å². The Balaban J connectivity index is 2.45. The number of halogens is 3. The van der Waals surface area contributed by atoms with E-state index in [0.29, 0.717) is 5.02 Å². The molecule has 19 heavy (non-hydrogen) atoms. The van der Waals surface area contributed by atoms with Crippen LogP contribution in [0.4, 0.5) is 0 Å². The molecule has 0 saturated heterocycles. The fourth-order valence-electron chi connectivity index (χ4n) is 1.28. The SMILES string of the molecule is O=C(O)c1ccc(Cl)cc1Oc1cc(Cl)nnc1Cl. The van der Waals surface area contributed by atoms with Crippen LogP contribution < -0.4 is 4.74 Å². The standard InChI is InChI=1S/C11H5Cl3N2O3/c12-5-1-2-6(11(17)18)7(3-5)19-8-4-9(13)15-16-10(8)14/h1-4H,(H,17,18). The maximum absolute atomic E-state index is 11.1. The number of ether oxygens (including phenoxy) is 1. The molecular formula is C11H5Cl3N2O3. The summed E-state index contributed by atoms with van der Waals surface area (Å²) >= 11 is 17.2. The van der Waals surface area contributed by atoms with Crippen LogP contribution in [-0.2, 0) is 0 Å². The third-order valence-corrected chi connectivity index (χ3v) is 2.76. The third-order valence-electron chi connectivity index (χ3n) is 2.08. The molecule has 1 heterocycles. The largest absolute Gasteiger partial charge is 0.478 e. The first-order valence-corrected chi connectivity index (χ1v) is 6.00. The van der Waals surface area contributed by atoms with E-state index in [1.54, 1.807) is 0 Å². The predicted octanol–water partition coefficient (Wildman–Crippen LogP) is 3.93. The van der Waals surface area contributed by atoms with Gasteiger partial charge in [0, 0.05) is 17.2 Å². The van der Waals surface area contributed by atoms with Crippen LogP contribution >= 0.6 is 34.8 Å². The monoisotopic (exact) mass is 318 g/mol. The van der Waals surface area contributed by atoms with Gasteiger partial charge < -0.3 is 9.84 Å². The van der Waals surface area contributed by atoms with Crippen molar-refractivity contribution in [3.05, 3.63) is 45.2 Å². The number of rotatable bonds is 3. The zero-order valence-electron chi connectivity index (χ0n) is 9.10. The van der Waals surface area contributed by atoms with Gasteiger partial charge in [0.15, 0.2) is 16.1 Å². The number of carboxylic acid groups (broad SMARTS) is 1. The van der Waals surface area contributed by atoms with Crippen LogP contribution in [0.3, 0.4) is 0 Å². The Kier molecular flexibility index (Phi) is 4.09. The molecule has 0 aliphatic rings. The van der Waals surface area contributed by atoms with Crippen molar-refractivity contribution < 1.29 is 14.6 Å². The summed E-state index contributed by atoms with van der Waals surface area (Å²) in [7, 11) is 0. The minimum absolute atomic E-state index is 0.0333. The Labute approximate surface area is 122 Å². The zero-order chi connectivity index (χ0) is 14.0. The van der Waals surface area contributed by atoms with Gasteiger partial charge in [0.2, 0.25) is 0 Å². The molecule has 0 amide bonds. The Bertz CT molecular complexity index is 649. The molecule has 2 rings (SSSR count). The summed E-state index contributed by atoms with van der Waals surface area (Å²) in [4.78, 5) is 11.1. The van der Waals surface area contributed by atoms with E-state index in [-0.39, 0.29) is 27.4 Å². The summed E-state index contributed by atoms with van der Waals surface area (Å²) in [5, 5.41) is 16.5. The molecule has 0 spiro atoms. The summed E-state index contributed by atoms with van der Waals surface area (Å²) in [6.45, 7) is 0. The van der Waals surface area contributed by atoms with Crippen molar-refractivity contribution in [1.29, 1.82) is 0 Å². The summed E-state index contributed by atoms with van der Waals surface area (Å²) in [6, 6.07) is 5.44. The molecule has 1 aromatic carbocycles. The highest BCUT2D eigenvalue weighted by Gasteiger charge is 2.15. The van der Waals surface area contributed by atoms with Crippen molar-refractivity contribution in [2.24, 2.45) is 0 Å². The lowest BCUT2D eigenvalue weighted by atomic mass is 10.2. The predicted molar refractivity (Wildman–Crippen MR) is 70.5 cm³/mol. The van der Waals surface area contributed by atoms with Crippen molar-refractivity contribution in [1.82, 2.24) is 10.2 Å². The number of carbonyl (C=O) groups is 1. The van der Waals surface area contributed by atoms with Gasteiger partial charge >= 0.3 is 5.97 Å². The molecule has 8 heteroatoms. The van der Waals surface area contributed by atoms with Crippen LogP contribution in [0.25, 0.3) is 0 Å². The van der Waals surface area contributed by atoms with Gasteiger partial charge in [0.05, 0.1) is 0 Å². The molecular weight excluding hydrogens is 314 g/mol. The van der Waals surface area contributed by atoms with Crippen molar-refractivity contribution in [2.45, 2.75) is 0 Å². The van der Waals surface area contributed by atoms with Gasteiger partial charge in [0.25, 0.3) is 0 Å². The molecule has 0 atom stereocenters. The number of hydrogen-bond acceptors (Lipinski definition) is 4. The summed E-state index contributed by atoms with van der Waals surface area (Å²) in [5.41, 5.74) is -0.0617. The Morgan fingerprint density at radius 3 is 2.53 bits per heavy atom. The van der Waals surface area contributed by atoms with E-state index >= 15 is 0 Å². The number of nitrogens with zero attached hydrogens (tertiary/aromatic N) is 2. The van der Waals surface area contributed by atoms with Crippen LogP contribution in [0.15, 0.2) is 24.3 Å². The minimum Gasteiger partial charge on any atom is -0.478 e. The molecule has 0 fully saturated rings. The van der Waals surface area contributed by atoms with Crippen LogP contribution in [0.2, 0.25) is 15.3 Å². The highest BCUT2D eigenvalue weighted by Crippen LogP contribution is 2.32. The van der Waals surface area contributed by atoms with Crippen molar-refractivity contribution in [3.63, 3.8) is 0 Å². The lowest BCUT2D eigenvalue weighted by Crippen LogP contribution is -2.00. The number of carboxylic acids is 1. The second kappa shape index (κ2) is 5.61. The number of hydrogen-bond donors (Lipinski definition) is 1. The lowest BCUT2D eigenvalue weighted by molar-refractivity contribution is 0.0694. The van der Waals surface area contributed by atoms with E-state index in [0.717, 1.165) is 0 Å². The molecule has 1 aromatic heterocycles. The molecule has 5 nitrogen and oxygen atoms in total. The Morgan fingerprint density at radius 2 is 1.84 bits per heavy atom. The summed E-state index contributed by atoms with van der Waals surface area (Å²) < 4.78 is 5.38. The molecule has 0 aliphatic carbocycles. The molecule has 0 unspecified atom stereocenters. The van der Waals surface area contributed by atoms with E-state index in [1.807, 2.05) is 0 Å². The van der Waals surface area contributed by atoms with Gasteiger partial charge in [-0.15, -0.1) is 10.2 Å². The van der Waals surface area contributed by atoms with Crippen molar-refractivity contribution >= 4 is 40.8 Å². The Hall–Kier alpha value is -1.56. The quantitative estimate of drug-likeness (QED) is 0.928. The van der Waals surface area contributed by atoms with Gasteiger partial charge in [-0.05, 0) is 12.1 Å². The minimum atomic E-state index is -1.16. The van der Waals surface area contributed by atoms with Crippen LogP contribution in [0.5, 0.6) is 11.5 Å². The smallest absolute Gasteiger partial charge is 0.339 e. The van der Waals surface area contributed by atoms with Crippen molar-refractivity contribution in [2.75, 3.05) is 0 Å². The van der Waals surface area contributed by atoms with E-state index in [2.05, 4.69) is 10.2 Å².